The fourth-order valence-corrected chi connectivity index (χ4v) is 15.7. The number of aliphatic hydroxyl groups excluding tert-OH is 1. The van der Waals surface area contributed by atoms with Gasteiger partial charge in [0.05, 0.1) is 26.4 Å². The van der Waals surface area contributed by atoms with Crippen LogP contribution in [0.25, 0.3) is 0 Å². The minimum Gasteiger partial charge on any atom is -0.462 e. The molecule has 648 valence electrons. The van der Waals surface area contributed by atoms with Crippen LogP contribution < -0.4 is 0 Å². The first-order valence-electron chi connectivity index (χ1n) is 46.5. The molecule has 17 nitrogen and oxygen atoms in total. The molecule has 0 fully saturated rings. The zero-order valence-corrected chi connectivity index (χ0v) is 73.7. The average molecular weight is 1590 g/mol. The van der Waals surface area contributed by atoms with Crippen LogP contribution in [0.15, 0.2) is 0 Å². The first-order valence-corrected chi connectivity index (χ1v) is 49.5. The first-order chi connectivity index (χ1) is 52.9. The molecule has 6 atom stereocenters. The van der Waals surface area contributed by atoms with Gasteiger partial charge >= 0.3 is 39.5 Å². The Kier molecular flexibility index (Phi) is 79.8. The van der Waals surface area contributed by atoms with Gasteiger partial charge in [-0.1, -0.05) is 433 Å². The van der Waals surface area contributed by atoms with Crippen LogP contribution in [0.2, 0.25) is 0 Å². The number of hydrogen-bond acceptors (Lipinski definition) is 15. The summed E-state index contributed by atoms with van der Waals surface area (Å²) in [6.45, 7) is 9.69. The van der Waals surface area contributed by atoms with E-state index in [1.807, 2.05) is 0 Å². The van der Waals surface area contributed by atoms with Gasteiger partial charge in [-0.2, -0.15) is 0 Å². The molecule has 0 bridgehead atoms. The summed E-state index contributed by atoms with van der Waals surface area (Å²) in [5.41, 5.74) is 0. The van der Waals surface area contributed by atoms with Crippen LogP contribution in [-0.4, -0.2) is 96.7 Å². The number of esters is 4. The Bertz CT molecular complexity index is 2080. The van der Waals surface area contributed by atoms with Crippen molar-refractivity contribution in [2.24, 2.45) is 11.8 Å². The number of aliphatic hydroxyl groups is 1. The zero-order valence-electron chi connectivity index (χ0n) is 71.9. The lowest BCUT2D eigenvalue weighted by Gasteiger charge is -2.21. The van der Waals surface area contributed by atoms with Crippen molar-refractivity contribution in [1.82, 2.24) is 0 Å². The molecule has 0 aromatic carbocycles. The molecular formula is C90H176O17P2. The molecule has 0 aliphatic heterocycles. The lowest BCUT2D eigenvalue weighted by Crippen LogP contribution is -2.30. The highest BCUT2D eigenvalue weighted by Gasteiger charge is 2.31. The van der Waals surface area contributed by atoms with Crippen LogP contribution in [0.3, 0.4) is 0 Å². The number of hydrogen-bond donors (Lipinski definition) is 3. The summed E-state index contributed by atoms with van der Waals surface area (Å²) in [7, 11) is -9.93. The molecule has 0 aromatic rings. The van der Waals surface area contributed by atoms with E-state index in [1.165, 1.54) is 295 Å². The van der Waals surface area contributed by atoms with Crippen molar-refractivity contribution in [3.8, 4) is 0 Å². The Morgan fingerprint density at radius 2 is 0.468 bits per heavy atom. The molecule has 3 unspecified atom stereocenters. The SMILES string of the molecule is CCCCCCCCCCCCCCCCCCCCCCCC(=O)O[C@H](COC(=O)CCCCCCCCCCCCCCCCCCCCCC)COP(=O)(O)OC[C@@H](O)COP(=O)(O)OC[C@@H](COC(=O)CCCCCCCCCC(C)C)OC(=O)CCCCCCCCCCCCCCCCC(C)CC. The first kappa shape index (κ1) is 107. The summed E-state index contributed by atoms with van der Waals surface area (Å²) in [4.78, 5) is 73.3. The van der Waals surface area contributed by atoms with E-state index in [0.29, 0.717) is 31.6 Å². The van der Waals surface area contributed by atoms with Crippen LogP contribution >= 0.6 is 15.6 Å². The maximum atomic E-state index is 13.2. The summed E-state index contributed by atoms with van der Waals surface area (Å²) < 4.78 is 69.0. The van der Waals surface area contributed by atoms with Crippen molar-refractivity contribution in [3.05, 3.63) is 0 Å². The summed E-state index contributed by atoms with van der Waals surface area (Å²) in [5, 5.41) is 10.7. The Balaban J connectivity index is 5.22. The van der Waals surface area contributed by atoms with Crippen molar-refractivity contribution in [2.45, 2.75) is 503 Å². The fraction of sp³-hybridized carbons (Fsp3) is 0.956. The molecule has 0 amide bonds. The third kappa shape index (κ3) is 82.4. The average Bonchev–Trinajstić information content (AvgIpc) is 0.916. The minimum atomic E-state index is -4.97. The number of ether oxygens (including phenoxy) is 4. The van der Waals surface area contributed by atoms with Gasteiger partial charge in [-0.25, -0.2) is 9.13 Å². The van der Waals surface area contributed by atoms with E-state index in [9.17, 15) is 43.2 Å². The Morgan fingerprint density at radius 3 is 0.697 bits per heavy atom. The molecular weight excluding hydrogens is 1410 g/mol. The van der Waals surface area contributed by atoms with E-state index < -0.39 is 97.5 Å². The molecule has 3 N–H and O–H groups in total. The predicted octanol–water partition coefficient (Wildman–Crippen LogP) is 27.8. The van der Waals surface area contributed by atoms with Crippen molar-refractivity contribution < 1.29 is 80.2 Å². The summed E-state index contributed by atoms with van der Waals surface area (Å²) in [6, 6.07) is 0. The number of unbranched alkanes of at least 4 members (excludes halogenated alkanes) is 58. The van der Waals surface area contributed by atoms with Crippen LogP contribution in [-0.2, 0) is 65.4 Å². The van der Waals surface area contributed by atoms with Crippen molar-refractivity contribution in [1.29, 1.82) is 0 Å². The van der Waals surface area contributed by atoms with Gasteiger partial charge in [-0.05, 0) is 37.5 Å². The molecule has 0 aromatic heterocycles. The molecule has 0 saturated carbocycles. The second-order valence-corrected chi connectivity index (χ2v) is 36.0. The highest BCUT2D eigenvalue weighted by Crippen LogP contribution is 2.45. The van der Waals surface area contributed by atoms with Crippen LogP contribution in [0.5, 0.6) is 0 Å². The van der Waals surface area contributed by atoms with Gasteiger partial charge in [0.15, 0.2) is 12.2 Å². The number of phosphoric acid groups is 2. The lowest BCUT2D eigenvalue weighted by atomic mass is 9.99. The van der Waals surface area contributed by atoms with Crippen molar-refractivity contribution >= 4 is 39.5 Å². The molecule has 0 aliphatic rings. The van der Waals surface area contributed by atoms with Crippen molar-refractivity contribution in [3.63, 3.8) is 0 Å². The number of carbonyl (C=O) groups is 4. The Labute approximate surface area is 670 Å². The van der Waals surface area contributed by atoms with E-state index >= 15 is 0 Å². The van der Waals surface area contributed by atoms with E-state index in [0.717, 1.165) is 102 Å². The minimum absolute atomic E-state index is 0.107. The van der Waals surface area contributed by atoms with Crippen LogP contribution in [0.4, 0.5) is 0 Å². The summed E-state index contributed by atoms with van der Waals surface area (Å²) in [6.07, 6.45) is 75.2. The zero-order chi connectivity index (χ0) is 79.9. The molecule has 0 heterocycles. The molecule has 0 radical (unpaired) electrons. The summed E-state index contributed by atoms with van der Waals surface area (Å²) >= 11 is 0. The molecule has 0 rings (SSSR count). The van der Waals surface area contributed by atoms with Gasteiger partial charge < -0.3 is 33.8 Å². The van der Waals surface area contributed by atoms with Gasteiger partial charge in [-0.3, -0.25) is 37.3 Å². The number of rotatable bonds is 89. The molecule has 0 spiro atoms. The fourth-order valence-electron chi connectivity index (χ4n) is 14.1. The molecule has 0 saturated heterocycles. The highest BCUT2D eigenvalue weighted by atomic mass is 31.2. The van der Waals surface area contributed by atoms with Gasteiger partial charge in [0.25, 0.3) is 0 Å². The second kappa shape index (κ2) is 81.2. The largest absolute Gasteiger partial charge is 0.472 e. The summed E-state index contributed by atoms with van der Waals surface area (Å²) in [5.74, 6) is -0.549. The maximum absolute atomic E-state index is 13.2. The Hall–Kier alpha value is -1.94. The third-order valence-corrected chi connectivity index (χ3v) is 23.5. The van der Waals surface area contributed by atoms with Gasteiger partial charge in [-0.15, -0.1) is 0 Å². The normalized spacial score (nSPS) is 14.0. The third-order valence-electron chi connectivity index (χ3n) is 21.6. The lowest BCUT2D eigenvalue weighted by molar-refractivity contribution is -0.161. The van der Waals surface area contributed by atoms with Gasteiger partial charge in [0.1, 0.15) is 19.3 Å². The van der Waals surface area contributed by atoms with E-state index in [-0.39, 0.29) is 25.7 Å². The number of phosphoric ester groups is 2. The highest BCUT2D eigenvalue weighted by molar-refractivity contribution is 7.47. The van der Waals surface area contributed by atoms with E-state index in [4.69, 9.17) is 37.0 Å². The van der Waals surface area contributed by atoms with Gasteiger partial charge in [0, 0.05) is 25.7 Å². The monoisotopic (exact) mass is 1590 g/mol. The quantitative estimate of drug-likeness (QED) is 0.0222. The Morgan fingerprint density at radius 1 is 0.266 bits per heavy atom. The second-order valence-electron chi connectivity index (χ2n) is 33.1. The van der Waals surface area contributed by atoms with Gasteiger partial charge in [0.2, 0.25) is 0 Å². The standard InChI is InChI=1S/C90H176O17P2/c1-7-10-12-14-16-18-20-22-24-26-28-30-32-34-36-41-45-49-55-62-68-74-89(94)106-85(78-100-87(92)72-66-60-54-48-44-40-35-33-31-29-27-25-23-21-19-17-15-13-11-8-2)80-104-108(96,97)102-76-84(91)77-103-109(98,99)105-81-86(79-101-88(93)73-67-61-57-51-52-58-64-70-82(4)5)107-90(95)75-69-63-56-50-46-42-38-37-39-43-47-53-59-65-71-83(6)9-3/h82-86,91H,7-81H2,1-6H3,(H,96,97)(H,98,99)/t83?,84-,85-,86-/m1/s1. The maximum Gasteiger partial charge on any atom is 0.472 e. The smallest absolute Gasteiger partial charge is 0.462 e. The van der Waals surface area contributed by atoms with E-state index in [2.05, 4.69) is 41.5 Å². The topological polar surface area (TPSA) is 237 Å². The predicted molar refractivity (Wildman–Crippen MR) is 451 cm³/mol. The number of carbonyl (C=O) groups excluding carboxylic acids is 4. The molecule has 0 aliphatic carbocycles. The molecule has 109 heavy (non-hydrogen) atoms. The van der Waals surface area contributed by atoms with E-state index in [1.54, 1.807) is 0 Å². The van der Waals surface area contributed by atoms with Crippen LogP contribution in [0, 0.1) is 11.8 Å². The van der Waals surface area contributed by atoms with Crippen LogP contribution in [0.1, 0.15) is 485 Å². The molecule has 19 heteroatoms. The van der Waals surface area contributed by atoms with Crippen molar-refractivity contribution in [2.75, 3.05) is 39.6 Å².